The maximum absolute atomic E-state index is 12.5. The summed E-state index contributed by atoms with van der Waals surface area (Å²) in [5.74, 6) is 0.551. The van der Waals surface area contributed by atoms with Crippen LogP contribution in [-0.4, -0.2) is 55.3 Å². The zero-order valence-electron chi connectivity index (χ0n) is 12.4. The lowest BCUT2D eigenvalue weighted by Gasteiger charge is -2.30. The third-order valence-corrected chi connectivity index (χ3v) is 4.88. The van der Waals surface area contributed by atoms with E-state index in [-0.39, 0.29) is 11.9 Å². The Balaban J connectivity index is 1.46. The quantitative estimate of drug-likeness (QED) is 0.613. The third kappa shape index (κ3) is 3.06. The summed E-state index contributed by atoms with van der Waals surface area (Å²) < 4.78 is 10.9. The van der Waals surface area contributed by atoms with Gasteiger partial charge in [0, 0.05) is 32.7 Å². The number of ether oxygens (including phenoxy) is 2. The Hall–Kier alpha value is -1.14. The third-order valence-electron chi connectivity index (χ3n) is 4.88. The van der Waals surface area contributed by atoms with Gasteiger partial charge in [0.1, 0.15) is 5.54 Å². The zero-order chi connectivity index (χ0) is 14.7. The summed E-state index contributed by atoms with van der Waals surface area (Å²) in [6.45, 7) is 2.58. The molecule has 1 spiro atoms. The maximum Gasteiger partial charge on any atom is 0.325 e. The molecule has 1 aliphatic carbocycles. The number of nitrogens with one attached hydrogen (secondary N) is 1. The van der Waals surface area contributed by atoms with Crippen molar-refractivity contribution in [2.45, 2.75) is 44.1 Å². The summed E-state index contributed by atoms with van der Waals surface area (Å²) >= 11 is 0. The first-order valence-electron chi connectivity index (χ1n) is 8.01. The van der Waals surface area contributed by atoms with E-state index in [0.717, 1.165) is 6.61 Å². The molecule has 118 valence electrons. The van der Waals surface area contributed by atoms with Crippen LogP contribution in [-0.2, 0) is 14.3 Å². The maximum atomic E-state index is 12.5. The topological polar surface area (TPSA) is 67.9 Å². The number of hydrogen-bond donors (Lipinski definition) is 1. The Kier molecular flexibility index (Phi) is 4.45. The Bertz CT molecular complexity index is 400. The summed E-state index contributed by atoms with van der Waals surface area (Å²) in [5.41, 5.74) is -0.721. The Morgan fingerprint density at radius 1 is 1.24 bits per heavy atom. The second-order valence-electron chi connectivity index (χ2n) is 6.31. The highest BCUT2D eigenvalue weighted by molar-refractivity contribution is 6.07. The number of imide groups is 1. The van der Waals surface area contributed by atoms with Crippen molar-refractivity contribution >= 4 is 11.9 Å². The summed E-state index contributed by atoms with van der Waals surface area (Å²) in [5, 5.41) is 2.85. The van der Waals surface area contributed by atoms with Gasteiger partial charge in [-0.25, -0.2) is 4.79 Å². The van der Waals surface area contributed by atoms with E-state index in [2.05, 4.69) is 5.32 Å². The molecule has 0 unspecified atom stereocenters. The van der Waals surface area contributed by atoms with Crippen molar-refractivity contribution in [1.29, 1.82) is 0 Å². The van der Waals surface area contributed by atoms with Crippen molar-refractivity contribution in [3.05, 3.63) is 0 Å². The van der Waals surface area contributed by atoms with Crippen LogP contribution in [0.2, 0.25) is 0 Å². The first-order valence-corrected chi connectivity index (χ1v) is 8.01. The van der Waals surface area contributed by atoms with Crippen LogP contribution < -0.4 is 5.32 Å². The molecule has 0 bridgehead atoms. The highest BCUT2D eigenvalue weighted by Gasteiger charge is 2.51. The second-order valence-corrected chi connectivity index (χ2v) is 6.31. The number of amides is 3. The number of nitrogens with zero attached hydrogens (tertiary/aromatic N) is 1. The lowest BCUT2D eigenvalue weighted by Crippen LogP contribution is -2.51. The van der Waals surface area contributed by atoms with E-state index in [9.17, 15) is 9.59 Å². The van der Waals surface area contributed by atoms with Gasteiger partial charge < -0.3 is 14.8 Å². The predicted octanol–water partition coefficient (Wildman–Crippen LogP) is 1.29. The second kappa shape index (κ2) is 6.32. The first kappa shape index (κ1) is 14.8. The molecule has 21 heavy (non-hydrogen) atoms. The molecule has 1 saturated carbocycles. The molecule has 0 atom stereocenters. The summed E-state index contributed by atoms with van der Waals surface area (Å²) in [7, 11) is 0. The van der Waals surface area contributed by atoms with E-state index < -0.39 is 5.54 Å². The van der Waals surface area contributed by atoms with E-state index in [1.54, 1.807) is 0 Å². The lowest BCUT2D eigenvalue weighted by molar-refractivity contribution is -0.135. The molecule has 3 rings (SSSR count). The molecule has 0 aromatic rings. The fourth-order valence-electron chi connectivity index (χ4n) is 3.52. The first-order chi connectivity index (χ1) is 10.2. The lowest BCUT2D eigenvalue weighted by atomic mass is 9.90. The normalized spacial score (nSPS) is 25.8. The summed E-state index contributed by atoms with van der Waals surface area (Å²) in [4.78, 5) is 25.8. The SMILES string of the molecule is O=C1NC2(CCOCC2)C(=O)N1CCOCC1CCCC1. The smallest absolute Gasteiger partial charge is 0.325 e. The molecule has 2 heterocycles. The van der Waals surface area contributed by atoms with Gasteiger partial charge in [-0.05, 0) is 18.8 Å². The number of rotatable bonds is 5. The predicted molar refractivity (Wildman–Crippen MR) is 75.8 cm³/mol. The molecule has 0 aromatic heterocycles. The van der Waals surface area contributed by atoms with Gasteiger partial charge in [0.05, 0.1) is 13.2 Å². The highest BCUT2D eigenvalue weighted by Crippen LogP contribution is 2.28. The zero-order valence-corrected chi connectivity index (χ0v) is 12.4. The largest absolute Gasteiger partial charge is 0.381 e. The minimum absolute atomic E-state index is 0.111. The summed E-state index contributed by atoms with van der Waals surface area (Å²) in [6.07, 6.45) is 6.21. The summed E-state index contributed by atoms with van der Waals surface area (Å²) in [6, 6.07) is -0.286. The monoisotopic (exact) mass is 296 g/mol. The van der Waals surface area contributed by atoms with Crippen molar-refractivity contribution in [2.24, 2.45) is 5.92 Å². The van der Waals surface area contributed by atoms with Crippen molar-refractivity contribution in [3.8, 4) is 0 Å². The Morgan fingerprint density at radius 2 is 1.95 bits per heavy atom. The van der Waals surface area contributed by atoms with Gasteiger partial charge in [-0.3, -0.25) is 9.69 Å². The highest BCUT2D eigenvalue weighted by atomic mass is 16.5. The van der Waals surface area contributed by atoms with Crippen molar-refractivity contribution in [2.75, 3.05) is 33.0 Å². The number of carbonyl (C=O) groups is 2. The Labute approximate surface area is 125 Å². The molecule has 1 N–H and O–H groups in total. The minimum Gasteiger partial charge on any atom is -0.381 e. The van der Waals surface area contributed by atoms with E-state index in [1.807, 2.05) is 0 Å². The van der Waals surface area contributed by atoms with Crippen molar-refractivity contribution in [3.63, 3.8) is 0 Å². The standard InChI is InChI=1S/C15H24N2O4/c18-13-15(5-8-20-9-6-15)16-14(19)17(13)7-10-21-11-12-3-1-2-4-12/h12H,1-11H2,(H,16,19). The van der Waals surface area contributed by atoms with Gasteiger partial charge in [0.15, 0.2) is 0 Å². The molecule has 2 saturated heterocycles. The van der Waals surface area contributed by atoms with Crippen molar-refractivity contribution < 1.29 is 19.1 Å². The molecule has 6 nitrogen and oxygen atoms in total. The van der Waals surface area contributed by atoms with Crippen LogP contribution in [0, 0.1) is 5.92 Å². The van der Waals surface area contributed by atoms with Gasteiger partial charge in [-0.1, -0.05) is 12.8 Å². The molecular formula is C15H24N2O4. The Morgan fingerprint density at radius 3 is 2.67 bits per heavy atom. The average Bonchev–Trinajstić information content (AvgIpc) is 3.07. The van der Waals surface area contributed by atoms with E-state index in [0.29, 0.717) is 45.1 Å². The van der Waals surface area contributed by atoms with Crippen LogP contribution >= 0.6 is 0 Å². The van der Waals surface area contributed by atoms with Gasteiger partial charge in [0.2, 0.25) is 0 Å². The number of carbonyl (C=O) groups excluding carboxylic acids is 2. The fraction of sp³-hybridized carbons (Fsp3) is 0.867. The molecular weight excluding hydrogens is 272 g/mol. The fourth-order valence-corrected chi connectivity index (χ4v) is 3.52. The molecule has 3 aliphatic rings. The van der Waals surface area contributed by atoms with Gasteiger partial charge in [-0.15, -0.1) is 0 Å². The van der Waals surface area contributed by atoms with Crippen LogP contribution in [0.1, 0.15) is 38.5 Å². The van der Waals surface area contributed by atoms with Crippen molar-refractivity contribution in [1.82, 2.24) is 10.2 Å². The van der Waals surface area contributed by atoms with Crippen LogP contribution in [0.4, 0.5) is 4.79 Å². The number of urea groups is 1. The molecule has 0 radical (unpaired) electrons. The van der Waals surface area contributed by atoms with Crippen LogP contribution in [0.25, 0.3) is 0 Å². The molecule has 0 aromatic carbocycles. The minimum atomic E-state index is -0.721. The van der Waals surface area contributed by atoms with Crippen LogP contribution in [0.15, 0.2) is 0 Å². The van der Waals surface area contributed by atoms with Crippen LogP contribution in [0.5, 0.6) is 0 Å². The van der Waals surface area contributed by atoms with E-state index in [1.165, 1.54) is 30.6 Å². The molecule has 2 aliphatic heterocycles. The van der Waals surface area contributed by atoms with Gasteiger partial charge >= 0.3 is 6.03 Å². The van der Waals surface area contributed by atoms with Crippen LogP contribution in [0.3, 0.4) is 0 Å². The molecule has 3 amide bonds. The average molecular weight is 296 g/mol. The molecule has 3 fully saturated rings. The van der Waals surface area contributed by atoms with Gasteiger partial charge in [0.25, 0.3) is 5.91 Å². The van der Waals surface area contributed by atoms with Gasteiger partial charge in [-0.2, -0.15) is 0 Å². The molecule has 6 heteroatoms. The van der Waals surface area contributed by atoms with E-state index >= 15 is 0 Å². The van der Waals surface area contributed by atoms with E-state index in [4.69, 9.17) is 9.47 Å². The number of hydrogen-bond acceptors (Lipinski definition) is 4.